The molecule has 1 heterocycles. The molecule has 0 aliphatic rings. The molecular formula is C19H29IN4O3S. The molecule has 0 saturated carbocycles. The number of thiazole rings is 1. The average molecular weight is 520 g/mol. The van der Waals surface area contributed by atoms with Gasteiger partial charge in [-0.05, 0) is 31.0 Å². The van der Waals surface area contributed by atoms with Gasteiger partial charge in [0.2, 0.25) is 5.75 Å². The molecule has 0 unspecified atom stereocenters. The number of aromatic nitrogens is 1. The number of guanidine groups is 1. The smallest absolute Gasteiger partial charge is 0.200 e. The predicted molar refractivity (Wildman–Crippen MR) is 125 cm³/mol. The Morgan fingerprint density at radius 2 is 1.86 bits per heavy atom. The third kappa shape index (κ3) is 7.01. The number of aryl methyl sites for hydroxylation is 1. The summed E-state index contributed by atoms with van der Waals surface area (Å²) in [5.74, 6) is 1.46. The molecule has 0 bridgehead atoms. The van der Waals surface area contributed by atoms with E-state index in [0.717, 1.165) is 42.5 Å². The number of rotatable bonds is 9. The highest BCUT2D eigenvalue weighted by Gasteiger charge is 2.11. The number of phenols is 1. The number of halogens is 1. The highest BCUT2D eigenvalue weighted by atomic mass is 127. The minimum atomic E-state index is -0.00680. The lowest BCUT2D eigenvalue weighted by Gasteiger charge is -2.12. The van der Waals surface area contributed by atoms with E-state index in [9.17, 15) is 5.11 Å². The fourth-order valence-electron chi connectivity index (χ4n) is 2.47. The first kappa shape index (κ1) is 24.3. The summed E-state index contributed by atoms with van der Waals surface area (Å²) in [6, 6.07) is 3.51. The van der Waals surface area contributed by atoms with Crippen molar-refractivity contribution in [2.45, 2.75) is 33.2 Å². The van der Waals surface area contributed by atoms with Crippen LogP contribution in [0.3, 0.4) is 0 Å². The Morgan fingerprint density at radius 1 is 1.18 bits per heavy atom. The van der Waals surface area contributed by atoms with Gasteiger partial charge in [0, 0.05) is 30.6 Å². The van der Waals surface area contributed by atoms with E-state index in [-0.39, 0.29) is 29.7 Å². The summed E-state index contributed by atoms with van der Waals surface area (Å²) in [6.07, 6.45) is 3.83. The van der Waals surface area contributed by atoms with Crippen molar-refractivity contribution in [1.29, 1.82) is 0 Å². The van der Waals surface area contributed by atoms with Crippen LogP contribution in [0.5, 0.6) is 17.2 Å². The number of methoxy groups -OCH3 is 2. The number of hydrogen-bond acceptors (Lipinski definition) is 6. The lowest BCUT2D eigenvalue weighted by atomic mass is 10.2. The molecule has 0 aliphatic carbocycles. The second-order valence-electron chi connectivity index (χ2n) is 5.79. The first-order valence-electron chi connectivity index (χ1n) is 9.00. The van der Waals surface area contributed by atoms with Crippen molar-refractivity contribution in [3.05, 3.63) is 33.8 Å². The zero-order valence-corrected chi connectivity index (χ0v) is 19.9. The van der Waals surface area contributed by atoms with Crippen LogP contribution in [0.1, 0.15) is 29.3 Å². The zero-order chi connectivity index (χ0) is 19.6. The van der Waals surface area contributed by atoms with Gasteiger partial charge >= 0.3 is 0 Å². The highest BCUT2D eigenvalue weighted by Crippen LogP contribution is 2.37. The molecular weight excluding hydrogens is 491 g/mol. The first-order valence-corrected chi connectivity index (χ1v) is 9.82. The Balaban J connectivity index is 0.00000392. The van der Waals surface area contributed by atoms with Gasteiger partial charge in [-0.1, -0.05) is 6.92 Å². The number of ether oxygens (including phenoxy) is 2. The summed E-state index contributed by atoms with van der Waals surface area (Å²) in [5, 5.41) is 17.7. The predicted octanol–water partition coefficient (Wildman–Crippen LogP) is 3.34. The number of aliphatic imine (C=N–C) groups is 1. The van der Waals surface area contributed by atoms with E-state index in [1.54, 1.807) is 23.5 Å². The third-order valence-corrected chi connectivity index (χ3v) is 5.09. The average Bonchev–Trinajstić information content (AvgIpc) is 3.14. The Kier molecular flexibility index (Phi) is 11.0. The van der Waals surface area contributed by atoms with Gasteiger partial charge < -0.3 is 25.2 Å². The molecule has 3 N–H and O–H groups in total. The molecule has 28 heavy (non-hydrogen) atoms. The van der Waals surface area contributed by atoms with Gasteiger partial charge in [0.15, 0.2) is 17.5 Å². The van der Waals surface area contributed by atoms with E-state index in [4.69, 9.17) is 9.47 Å². The van der Waals surface area contributed by atoms with Crippen molar-refractivity contribution in [2.24, 2.45) is 4.99 Å². The number of nitrogens with one attached hydrogen (secondary N) is 2. The molecule has 0 atom stereocenters. The molecule has 2 aromatic rings. The van der Waals surface area contributed by atoms with Crippen molar-refractivity contribution >= 4 is 41.3 Å². The Morgan fingerprint density at radius 3 is 2.39 bits per heavy atom. The van der Waals surface area contributed by atoms with Crippen molar-refractivity contribution in [1.82, 2.24) is 15.6 Å². The van der Waals surface area contributed by atoms with E-state index in [1.165, 1.54) is 19.1 Å². The van der Waals surface area contributed by atoms with E-state index in [0.29, 0.717) is 18.0 Å². The fraction of sp³-hybridized carbons (Fsp3) is 0.474. The third-order valence-electron chi connectivity index (χ3n) is 3.88. The Labute approximate surface area is 187 Å². The van der Waals surface area contributed by atoms with E-state index in [1.807, 2.05) is 13.1 Å². The van der Waals surface area contributed by atoms with E-state index < -0.39 is 0 Å². The summed E-state index contributed by atoms with van der Waals surface area (Å²) in [7, 11) is 3.02. The van der Waals surface area contributed by atoms with Gasteiger partial charge in [-0.3, -0.25) is 0 Å². The molecule has 1 aromatic carbocycles. The van der Waals surface area contributed by atoms with Crippen molar-refractivity contribution in [3.8, 4) is 17.2 Å². The van der Waals surface area contributed by atoms with Crippen molar-refractivity contribution in [3.63, 3.8) is 0 Å². The maximum atomic E-state index is 10.0. The van der Waals surface area contributed by atoms with Gasteiger partial charge in [0.25, 0.3) is 0 Å². The van der Waals surface area contributed by atoms with Crippen molar-refractivity contribution in [2.75, 3.05) is 27.3 Å². The number of nitrogens with zero attached hydrogens (tertiary/aromatic N) is 2. The molecule has 7 nitrogen and oxygen atoms in total. The second kappa shape index (κ2) is 12.7. The normalized spacial score (nSPS) is 10.9. The second-order valence-corrected chi connectivity index (χ2v) is 6.99. The topological polar surface area (TPSA) is 88.0 Å². The van der Waals surface area contributed by atoms with Gasteiger partial charge in [0.05, 0.1) is 25.8 Å². The highest BCUT2D eigenvalue weighted by molar-refractivity contribution is 14.0. The summed E-state index contributed by atoms with van der Waals surface area (Å²) in [6.45, 7) is 6.12. The molecule has 2 rings (SSSR count). The van der Waals surface area contributed by atoms with Crippen LogP contribution in [0.15, 0.2) is 23.3 Å². The lowest BCUT2D eigenvalue weighted by Crippen LogP contribution is -2.38. The molecule has 1 aromatic heterocycles. The van der Waals surface area contributed by atoms with Crippen LogP contribution >= 0.6 is 35.3 Å². The van der Waals surface area contributed by atoms with Crippen LogP contribution in [0.2, 0.25) is 0 Å². The van der Waals surface area contributed by atoms with Gasteiger partial charge in [-0.2, -0.15) is 0 Å². The molecule has 0 fully saturated rings. The minimum absolute atomic E-state index is 0. The summed E-state index contributed by atoms with van der Waals surface area (Å²) in [4.78, 5) is 10.3. The molecule has 156 valence electrons. The molecule has 0 amide bonds. The maximum absolute atomic E-state index is 10.0. The zero-order valence-electron chi connectivity index (χ0n) is 16.7. The minimum Gasteiger partial charge on any atom is -0.502 e. The SMILES string of the molecule is CCNC(=NCc1cc(OC)c(O)c(OC)c1)NCCc1ncc(CC)s1.I. The van der Waals surface area contributed by atoms with Crippen LogP contribution in [0, 0.1) is 0 Å². The van der Waals surface area contributed by atoms with E-state index in [2.05, 4.69) is 27.5 Å². The number of phenolic OH excluding ortho intramolecular Hbond substituents is 1. The van der Waals surface area contributed by atoms with Crippen molar-refractivity contribution < 1.29 is 14.6 Å². The molecule has 0 aliphatic heterocycles. The first-order chi connectivity index (χ1) is 13.1. The van der Waals surface area contributed by atoms with Crippen LogP contribution in [0.25, 0.3) is 0 Å². The Bertz CT molecular complexity index is 742. The fourth-order valence-corrected chi connectivity index (χ4v) is 3.33. The molecule has 9 heteroatoms. The van der Waals surface area contributed by atoms with Gasteiger partial charge in [-0.15, -0.1) is 35.3 Å². The van der Waals surface area contributed by atoms with Gasteiger partial charge in [0.1, 0.15) is 0 Å². The number of benzene rings is 1. The standard InChI is InChI=1S/C19H28N4O3S.HI/c1-5-14-12-22-17(27-14)7-8-21-19(20-6-2)23-11-13-9-15(25-3)18(24)16(10-13)26-4;/h9-10,12,24H,5-8,11H2,1-4H3,(H2,20,21,23);1H. The molecule has 0 saturated heterocycles. The summed E-state index contributed by atoms with van der Waals surface area (Å²) >= 11 is 1.75. The van der Waals surface area contributed by atoms with Crippen LogP contribution < -0.4 is 20.1 Å². The summed E-state index contributed by atoms with van der Waals surface area (Å²) < 4.78 is 10.4. The van der Waals surface area contributed by atoms with Crippen LogP contribution in [0.4, 0.5) is 0 Å². The van der Waals surface area contributed by atoms with Crippen LogP contribution in [-0.4, -0.2) is 43.4 Å². The lowest BCUT2D eigenvalue weighted by molar-refractivity contribution is 0.339. The Hall–Kier alpha value is -1.75. The number of aromatic hydroxyl groups is 1. The molecule has 0 spiro atoms. The summed E-state index contributed by atoms with van der Waals surface area (Å²) in [5.41, 5.74) is 0.881. The monoisotopic (exact) mass is 520 g/mol. The van der Waals surface area contributed by atoms with Crippen LogP contribution in [-0.2, 0) is 19.4 Å². The van der Waals surface area contributed by atoms with Gasteiger partial charge in [-0.25, -0.2) is 9.98 Å². The van der Waals surface area contributed by atoms with E-state index >= 15 is 0 Å². The molecule has 0 radical (unpaired) electrons. The maximum Gasteiger partial charge on any atom is 0.200 e. The quantitative estimate of drug-likeness (QED) is 0.267. The largest absolute Gasteiger partial charge is 0.502 e. The number of hydrogen-bond donors (Lipinski definition) is 3.